The second-order valence-corrected chi connectivity index (χ2v) is 8.83. The summed E-state index contributed by atoms with van der Waals surface area (Å²) in [6, 6.07) is 26.4. The summed E-state index contributed by atoms with van der Waals surface area (Å²) in [6.07, 6.45) is 17.4. The molecule has 0 N–H and O–H groups in total. The Kier molecular flexibility index (Phi) is 10.4. The van der Waals surface area contributed by atoms with Crippen LogP contribution in [0.15, 0.2) is 79.0 Å². The Bertz CT molecular complexity index is 851. The van der Waals surface area contributed by atoms with Gasteiger partial charge in [-0.15, -0.1) is 0 Å². The summed E-state index contributed by atoms with van der Waals surface area (Å²) in [4.78, 5) is 0. The highest BCUT2D eigenvalue weighted by Crippen LogP contribution is 2.18. The number of aromatic nitrogens is 1. The van der Waals surface area contributed by atoms with Gasteiger partial charge in [-0.1, -0.05) is 107 Å². The summed E-state index contributed by atoms with van der Waals surface area (Å²) in [6.45, 7) is 3.19. The van der Waals surface area contributed by atoms with E-state index in [-0.39, 0.29) is 0 Å². The lowest BCUT2D eigenvalue weighted by Gasteiger charge is -2.06. The van der Waals surface area contributed by atoms with Gasteiger partial charge in [-0.05, 0) is 36.6 Å². The van der Waals surface area contributed by atoms with E-state index in [1.54, 1.807) is 0 Å². The van der Waals surface area contributed by atoms with E-state index in [2.05, 4.69) is 90.5 Å². The summed E-state index contributed by atoms with van der Waals surface area (Å²) >= 11 is 0. The van der Waals surface area contributed by atoms with E-state index >= 15 is 0 Å². The average molecular weight is 415 g/mol. The molecule has 164 valence electrons. The van der Waals surface area contributed by atoms with E-state index in [0.29, 0.717) is 0 Å². The monoisotopic (exact) mass is 414 g/mol. The van der Waals surface area contributed by atoms with Crippen molar-refractivity contribution in [1.29, 1.82) is 0 Å². The molecule has 31 heavy (non-hydrogen) atoms. The first-order valence-corrected chi connectivity index (χ1v) is 12.5. The molecule has 0 radical (unpaired) electrons. The van der Waals surface area contributed by atoms with Crippen LogP contribution in [0, 0.1) is 0 Å². The Morgan fingerprint density at radius 3 is 1.84 bits per heavy atom. The van der Waals surface area contributed by atoms with Gasteiger partial charge in [-0.25, -0.2) is 0 Å². The molecule has 1 heterocycles. The van der Waals surface area contributed by atoms with Crippen molar-refractivity contribution >= 4 is 0 Å². The van der Waals surface area contributed by atoms with Crippen LogP contribution in [-0.2, 0) is 13.0 Å². The molecule has 0 unspecified atom stereocenters. The zero-order valence-electron chi connectivity index (χ0n) is 19.4. The second kappa shape index (κ2) is 13.8. The van der Waals surface area contributed by atoms with Gasteiger partial charge >= 0.3 is 0 Å². The standard InChI is InChI=1S/C30H40N/c1-2-3-4-5-6-7-8-9-10-12-17-27-21-23-29(24-22-27)30-20-15-16-25-31(30)26-28-18-13-11-14-19-28/h11,13-16,18-25H,2-10,12,17,26H2,1H3/q+1. The van der Waals surface area contributed by atoms with Crippen molar-refractivity contribution in [3.63, 3.8) is 0 Å². The predicted octanol–water partition coefficient (Wildman–Crippen LogP) is 8.15. The van der Waals surface area contributed by atoms with Gasteiger partial charge in [0.2, 0.25) is 5.69 Å². The molecule has 0 aliphatic heterocycles. The number of unbranched alkanes of at least 4 members (excludes halogenated alkanes) is 9. The third-order valence-corrected chi connectivity index (χ3v) is 6.21. The van der Waals surface area contributed by atoms with Gasteiger partial charge < -0.3 is 0 Å². The summed E-state index contributed by atoms with van der Waals surface area (Å²) < 4.78 is 2.34. The Labute approximate surface area is 190 Å². The van der Waals surface area contributed by atoms with Crippen LogP contribution in [0.1, 0.15) is 82.3 Å². The van der Waals surface area contributed by atoms with Crippen molar-refractivity contribution in [3.05, 3.63) is 90.1 Å². The maximum absolute atomic E-state index is 2.34. The molecular formula is C30H40N+. The topological polar surface area (TPSA) is 3.88 Å². The molecule has 1 heteroatoms. The lowest BCUT2D eigenvalue weighted by molar-refractivity contribution is -0.677. The number of pyridine rings is 1. The van der Waals surface area contributed by atoms with Gasteiger partial charge in [0.05, 0.1) is 0 Å². The SMILES string of the molecule is CCCCCCCCCCCCc1ccc(-c2cccc[n+]2Cc2ccccc2)cc1. The number of hydrogen-bond acceptors (Lipinski definition) is 0. The van der Waals surface area contributed by atoms with E-state index in [0.717, 1.165) is 6.54 Å². The molecular weight excluding hydrogens is 374 g/mol. The van der Waals surface area contributed by atoms with Crippen LogP contribution < -0.4 is 4.57 Å². The van der Waals surface area contributed by atoms with Gasteiger partial charge in [-0.3, -0.25) is 0 Å². The minimum absolute atomic E-state index is 0.900. The van der Waals surface area contributed by atoms with E-state index in [9.17, 15) is 0 Å². The lowest BCUT2D eigenvalue weighted by Crippen LogP contribution is -2.36. The fraction of sp³-hybridized carbons (Fsp3) is 0.433. The molecule has 1 aromatic heterocycles. The summed E-state index contributed by atoms with van der Waals surface area (Å²) in [5.74, 6) is 0. The molecule has 0 aliphatic carbocycles. The highest BCUT2D eigenvalue weighted by atomic mass is 15.0. The van der Waals surface area contributed by atoms with Crippen LogP contribution in [-0.4, -0.2) is 0 Å². The smallest absolute Gasteiger partial charge is 0.194 e. The molecule has 0 fully saturated rings. The Hall–Kier alpha value is -2.41. The van der Waals surface area contributed by atoms with Crippen molar-refractivity contribution in [1.82, 2.24) is 0 Å². The number of benzene rings is 2. The first-order chi connectivity index (χ1) is 15.4. The van der Waals surface area contributed by atoms with Crippen LogP contribution in [0.2, 0.25) is 0 Å². The molecule has 0 saturated heterocycles. The molecule has 0 amide bonds. The third kappa shape index (κ3) is 8.32. The minimum atomic E-state index is 0.900. The molecule has 3 aromatic rings. The highest BCUT2D eigenvalue weighted by Gasteiger charge is 2.12. The van der Waals surface area contributed by atoms with Crippen molar-refractivity contribution in [2.24, 2.45) is 0 Å². The zero-order chi connectivity index (χ0) is 21.6. The van der Waals surface area contributed by atoms with Crippen LogP contribution in [0.25, 0.3) is 11.3 Å². The molecule has 0 aliphatic rings. The molecule has 0 spiro atoms. The van der Waals surface area contributed by atoms with E-state index < -0.39 is 0 Å². The third-order valence-electron chi connectivity index (χ3n) is 6.21. The Morgan fingerprint density at radius 1 is 0.548 bits per heavy atom. The van der Waals surface area contributed by atoms with E-state index in [1.165, 1.54) is 93.0 Å². The largest absolute Gasteiger partial charge is 0.212 e. The molecule has 2 aromatic carbocycles. The maximum Gasteiger partial charge on any atom is 0.212 e. The molecule has 3 rings (SSSR count). The lowest BCUT2D eigenvalue weighted by atomic mass is 10.0. The van der Waals surface area contributed by atoms with Crippen molar-refractivity contribution in [2.45, 2.75) is 84.1 Å². The van der Waals surface area contributed by atoms with E-state index in [1.807, 2.05) is 0 Å². The van der Waals surface area contributed by atoms with E-state index in [4.69, 9.17) is 0 Å². The van der Waals surface area contributed by atoms with Gasteiger partial charge in [0.25, 0.3) is 0 Å². The van der Waals surface area contributed by atoms with Gasteiger partial charge in [0, 0.05) is 23.3 Å². The summed E-state index contributed by atoms with van der Waals surface area (Å²) in [7, 11) is 0. The molecule has 1 nitrogen and oxygen atoms in total. The van der Waals surface area contributed by atoms with Gasteiger partial charge in [0.15, 0.2) is 12.7 Å². The summed E-state index contributed by atoms with van der Waals surface area (Å²) in [5, 5.41) is 0. The van der Waals surface area contributed by atoms with Crippen LogP contribution in [0.5, 0.6) is 0 Å². The maximum atomic E-state index is 2.34. The number of nitrogens with zero attached hydrogens (tertiary/aromatic N) is 1. The molecule has 0 bridgehead atoms. The first kappa shape index (κ1) is 23.3. The van der Waals surface area contributed by atoms with Crippen LogP contribution in [0.3, 0.4) is 0 Å². The molecule has 0 saturated carbocycles. The number of hydrogen-bond donors (Lipinski definition) is 0. The zero-order valence-corrected chi connectivity index (χ0v) is 19.4. The normalized spacial score (nSPS) is 11.0. The van der Waals surface area contributed by atoms with Crippen molar-refractivity contribution < 1.29 is 4.57 Å². The van der Waals surface area contributed by atoms with Crippen molar-refractivity contribution in [3.8, 4) is 11.3 Å². The second-order valence-electron chi connectivity index (χ2n) is 8.83. The predicted molar refractivity (Wildman–Crippen MR) is 133 cm³/mol. The number of aryl methyl sites for hydroxylation is 1. The first-order valence-electron chi connectivity index (χ1n) is 12.5. The van der Waals surface area contributed by atoms with Crippen LogP contribution >= 0.6 is 0 Å². The number of rotatable bonds is 14. The highest BCUT2D eigenvalue weighted by molar-refractivity contribution is 5.56. The quantitative estimate of drug-likeness (QED) is 0.185. The fourth-order valence-electron chi connectivity index (χ4n) is 4.32. The molecule has 0 atom stereocenters. The van der Waals surface area contributed by atoms with Crippen molar-refractivity contribution in [2.75, 3.05) is 0 Å². The Balaban J connectivity index is 1.42. The summed E-state index contributed by atoms with van der Waals surface area (Å²) in [5.41, 5.74) is 5.37. The fourth-order valence-corrected chi connectivity index (χ4v) is 4.32. The van der Waals surface area contributed by atoms with Crippen LogP contribution in [0.4, 0.5) is 0 Å². The average Bonchev–Trinajstić information content (AvgIpc) is 2.82. The van der Waals surface area contributed by atoms with Gasteiger partial charge in [-0.2, -0.15) is 4.57 Å². The van der Waals surface area contributed by atoms with Gasteiger partial charge in [0.1, 0.15) is 0 Å². The Morgan fingerprint density at radius 2 is 1.16 bits per heavy atom. The minimum Gasteiger partial charge on any atom is -0.194 e.